The Bertz CT molecular complexity index is 1310. The maximum atomic E-state index is 12.7. The lowest BCUT2D eigenvalue weighted by atomic mass is 10.1. The van der Waals surface area contributed by atoms with Crippen molar-refractivity contribution >= 4 is 49.2 Å². The molecular formula is C19H18N2O7S2. The van der Waals surface area contributed by atoms with Gasteiger partial charge in [-0.15, -0.1) is 11.3 Å². The van der Waals surface area contributed by atoms with Crippen molar-refractivity contribution in [3.63, 3.8) is 0 Å². The number of benzene rings is 1. The minimum atomic E-state index is -3.25. The molecule has 0 radical (unpaired) electrons. The summed E-state index contributed by atoms with van der Waals surface area (Å²) in [6.45, 7) is 1.49. The van der Waals surface area contributed by atoms with Crippen molar-refractivity contribution in [2.24, 2.45) is 0 Å². The molecule has 3 heterocycles. The van der Waals surface area contributed by atoms with Crippen LogP contribution in [0.1, 0.15) is 27.7 Å². The zero-order valence-electron chi connectivity index (χ0n) is 16.0. The van der Waals surface area contributed by atoms with Crippen molar-refractivity contribution in [2.45, 2.75) is 25.6 Å². The van der Waals surface area contributed by atoms with E-state index in [1.807, 2.05) is 0 Å². The number of fused-ring (bicyclic) bond motifs is 2. The number of oxazole rings is 1. The lowest BCUT2D eigenvalue weighted by molar-refractivity contribution is -0.116. The Hall–Kier alpha value is -2.92. The number of para-hydroxylation sites is 2. The molecule has 0 spiro atoms. The first-order chi connectivity index (χ1) is 14.3. The molecule has 3 aromatic rings. The SMILES string of the molecule is CCOC(=O)c1c(NC(=O)Cn2c(=O)oc3ccccc32)sc2c1CCS(=O)(=O)C2. The molecule has 1 aliphatic heterocycles. The fourth-order valence-corrected chi connectivity index (χ4v) is 6.46. The normalized spacial score (nSPS) is 15.0. The number of ether oxygens (including phenoxy) is 1. The number of rotatable bonds is 5. The zero-order chi connectivity index (χ0) is 21.5. The van der Waals surface area contributed by atoms with Gasteiger partial charge in [-0.25, -0.2) is 18.0 Å². The smallest absolute Gasteiger partial charge is 0.420 e. The summed E-state index contributed by atoms with van der Waals surface area (Å²) in [5.74, 6) is -2.08. The molecule has 0 aliphatic carbocycles. The predicted octanol–water partition coefficient (Wildman–Crippen LogP) is 1.94. The first kappa shape index (κ1) is 20.4. The topological polar surface area (TPSA) is 125 Å². The van der Waals surface area contributed by atoms with E-state index in [0.717, 1.165) is 11.3 Å². The van der Waals surface area contributed by atoms with Crippen molar-refractivity contribution < 1.29 is 27.2 Å². The average molecular weight is 450 g/mol. The van der Waals surface area contributed by atoms with Crippen molar-refractivity contribution in [1.29, 1.82) is 0 Å². The molecule has 1 N–H and O–H groups in total. The van der Waals surface area contributed by atoms with E-state index in [1.165, 1.54) is 4.57 Å². The van der Waals surface area contributed by atoms with Gasteiger partial charge in [0.15, 0.2) is 15.4 Å². The lowest BCUT2D eigenvalue weighted by Crippen LogP contribution is -2.25. The van der Waals surface area contributed by atoms with Gasteiger partial charge in [0.25, 0.3) is 0 Å². The second-order valence-electron chi connectivity index (χ2n) is 6.74. The van der Waals surface area contributed by atoms with E-state index in [9.17, 15) is 22.8 Å². The van der Waals surface area contributed by atoms with Gasteiger partial charge in [0.2, 0.25) is 5.91 Å². The van der Waals surface area contributed by atoms with E-state index in [0.29, 0.717) is 21.5 Å². The standard InChI is InChI=1S/C19H18N2O7S2/c1-2-27-18(23)16-11-7-8-30(25,26)10-14(11)29-17(16)20-15(22)9-21-12-5-3-4-6-13(12)28-19(21)24/h3-6H,2,7-10H2,1H3,(H,20,22). The number of carbonyl (C=O) groups excluding carboxylic acids is 2. The van der Waals surface area contributed by atoms with Crippen LogP contribution in [0.3, 0.4) is 0 Å². The monoisotopic (exact) mass is 450 g/mol. The van der Waals surface area contributed by atoms with Gasteiger partial charge >= 0.3 is 11.7 Å². The maximum Gasteiger partial charge on any atom is 0.420 e. The van der Waals surface area contributed by atoms with Gasteiger partial charge in [-0.1, -0.05) is 12.1 Å². The molecule has 0 bridgehead atoms. The number of esters is 1. The van der Waals surface area contributed by atoms with E-state index in [4.69, 9.17) is 9.15 Å². The van der Waals surface area contributed by atoms with E-state index in [-0.39, 0.29) is 41.6 Å². The summed E-state index contributed by atoms with van der Waals surface area (Å²) in [7, 11) is -3.25. The molecular weight excluding hydrogens is 432 g/mol. The fourth-order valence-electron chi connectivity index (χ4n) is 3.40. The minimum Gasteiger partial charge on any atom is -0.462 e. The molecule has 0 saturated carbocycles. The van der Waals surface area contributed by atoms with Crippen LogP contribution in [0.4, 0.5) is 5.00 Å². The molecule has 1 aromatic carbocycles. The Kier molecular flexibility index (Phi) is 5.24. The number of amides is 1. The van der Waals surface area contributed by atoms with Crippen LogP contribution in [0.5, 0.6) is 0 Å². The van der Waals surface area contributed by atoms with E-state index < -0.39 is 27.5 Å². The Morgan fingerprint density at radius 1 is 1.30 bits per heavy atom. The number of nitrogens with one attached hydrogen (secondary N) is 1. The molecule has 0 fully saturated rings. The quantitative estimate of drug-likeness (QED) is 0.589. The molecule has 0 unspecified atom stereocenters. The predicted molar refractivity (Wildman–Crippen MR) is 111 cm³/mol. The molecule has 1 amide bonds. The zero-order valence-corrected chi connectivity index (χ0v) is 17.6. The second-order valence-corrected chi connectivity index (χ2v) is 10.0. The number of nitrogens with zero attached hydrogens (tertiary/aromatic N) is 1. The third-order valence-corrected chi connectivity index (χ3v) is 7.60. The van der Waals surface area contributed by atoms with Gasteiger partial charge in [0.1, 0.15) is 11.5 Å². The molecule has 30 heavy (non-hydrogen) atoms. The van der Waals surface area contributed by atoms with Crippen LogP contribution in [0.15, 0.2) is 33.5 Å². The van der Waals surface area contributed by atoms with Gasteiger partial charge in [-0.2, -0.15) is 0 Å². The first-order valence-corrected chi connectivity index (χ1v) is 11.8. The minimum absolute atomic E-state index is 0.0626. The third kappa shape index (κ3) is 3.77. The molecule has 0 atom stereocenters. The third-order valence-electron chi connectivity index (χ3n) is 4.71. The summed E-state index contributed by atoms with van der Waals surface area (Å²) < 4.78 is 35.4. The van der Waals surface area contributed by atoms with Gasteiger partial charge in [-0.05, 0) is 31.0 Å². The summed E-state index contributed by atoms with van der Waals surface area (Å²) in [5, 5.41) is 2.87. The molecule has 9 nitrogen and oxygen atoms in total. The van der Waals surface area contributed by atoms with Crippen LogP contribution in [-0.4, -0.2) is 37.2 Å². The maximum absolute atomic E-state index is 12.7. The highest BCUT2D eigenvalue weighted by Crippen LogP contribution is 2.38. The van der Waals surface area contributed by atoms with Crippen LogP contribution in [0, 0.1) is 0 Å². The number of sulfone groups is 1. The number of aromatic nitrogens is 1. The highest BCUT2D eigenvalue weighted by Gasteiger charge is 2.32. The van der Waals surface area contributed by atoms with Crippen LogP contribution < -0.4 is 11.1 Å². The Morgan fingerprint density at radius 2 is 2.07 bits per heavy atom. The molecule has 1 aliphatic rings. The van der Waals surface area contributed by atoms with Crippen LogP contribution in [-0.2, 0) is 38.1 Å². The lowest BCUT2D eigenvalue weighted by Gasteiger charge is -2.13. The highest BCUT2D eigenvalue weighted by atomic mass is 32.2. The van der Waals surface area contributed by atoms with Gasteiger partial charge < -0.3 is 14.5 Å². The fraction of sp³-hybridized carbons (Fsp3) is 0.316. The van der Waals surface area contributed by atoms with Crippen LogP contribution in [0.2, 0.25) is 0 Å². The second kappa shape index (κ2) is 7.73. The van der Waals surface area contributed by atoms with Gasteiger partial charge in [-0.3, -0.25) is 9.36 Å². The van der Waals surface area contributed by atoms with Crippen LogP contribution >= 0.6 is 11.3 Å². The van der Waals surface area contributed by atoms with E-state index >= 15 is 0 Å². The van der Waals surface area contributed by atoms with Gasteiger partial charge in [0.05, 0.1) is 29.2 Å². The number of thiophene rings is 1. The first-order valence-electron chi connectivity index (χ1n) is 9.19. The van der Waals surface area contributed by atoms with Crippen molar-refractivity contribution in [1.82, 2.24) is 4.57 Å². The highest BCUT2D eigenvalue weighted by molar-refractivity contribution is 7.90. The molecule has 0 saturated heterocycles. The number of hydrogen-bond acceptors (Lipinski definition) is 8. The summed E-state index contributed by atoms with van der Waals surface area (Å²) in [6, 6.07) is 6.72. The van der Waals surface area contributed by atoms with Crippen molar-refractivity contribution in [2.75, 3.05) is 17.7 Å². The van der Waals surface area contributed by atoms with Crippen molar-refractivity contribution in [3.05, 3.63) is 50.8 Å². The summed E-state index contributed by atoms with van der Waals surface area (Å²) in [6.07, 6.45) is 0.185. The summed E-state index contributed by atoms with van der Waals surface area (Å²) in [4.78, 5) is 37.8. The summed E-state index contributed by atoms with van der Waals surface area (Å²) >= 11 is 1.04. The Balaban J connectivity index is 1.66. The number of carbonyl (C=O) groups is 2. The molecule has 2 aromatic heterocycles. The van der Waals surface area contributed by atoms with Crippen LogP contribution in [0.25, 0.3) is 11.1 Å². The van der Waals surface area contributed by atoms with Crippen molar-refractivity contribution in [3.8, 4) is 0 Å². The number of hydrogen-bond donors (Lipinski definition) is 1. The molecule has 4 rings (SSSR count). The average Bonchev–Trinajstić information content (AvgIpc) is 3.17. The van der Waals surface area contributed by atoms with E-state index in [1.54, 1.807) is 31.2 Å². The Morgan fingerprint density at radius 3 is 2.83 bits per heavy atom. The molecule has 158 valence electrons. The van der Waals surface area contributed by atoms with Gasteiger partial charge in [0, 0.05) is 4.88 Å². The number of anilines is 1. The molecule has 11 heteroatoms. The Labute approximate surface area is 175 Å². The van der Waals surface area contributed by atoms with E-state index in [2.05, 4.69) is 5.32 Å². The summed E-state index contributed by atoms with van der Waals surface area (Å²) in [5.41, 5.74) is 1.61. The largest absolute Gasteiger partial charge is 0.462 e.